The normalized spacial score (nSPS) is 28.3. The molecule has 5 nitrogen and oxygen atoms in total. The number of carbonyl (C=O) groups is 2. The van der Waals surface area contributed by atoms with Crippen molar-refractivity contribution in [3.63, 3.8) is 0 Å². The summed E-state index contributed by atoms with van der Waals surface area (Å²) in [5.41, 5.74) is -0.800. The van der Waals surface area contributed by atoms with Crippen molar-refractivity contribution in [3.05, 3.63) is 29.8 Å². The summed E-state index contributed by atoms with van der Waals surface area (Å²) in [5.74, 6) is 0.336. The van der Waals surface area contributed by atoms with Gasteiger partial charge in [-0.05, 0) is 19.9 Å². The van der Waals surface area contributed by atoms with Crippen LogP contribution in [0.5, 0.6) is 5.75 Å². The lowest BCUT2D eigenvalue weighted by molar-refractivity contribution is -0.127. The number of amides is 3. The summed E-state index contributed by atoms with van der Waals surface area (Å²) in [5, 5.41) is 5.06. The number of hydrogen-bond donors (Lipinski definition) is 2. The molecule has 0 saturated carbocycles. The number of urea groups is 1. The van der Waals surface area contributed by atoms with Crippen LogP contribution in [0.15, 0.2) is 24.3 Å². The summed E-state index contributed by atoms with van der Waals surface area (Å²) in [6, 6.07) is 6.86. The monoisotopic (exact) mass is 246 g/mol. The topological polar surface area (TPSA) is 67.4 Å². The van der Waals surface area contributed by atoms with Crippen molar-refractivity contribution < 1.29 is 14.3 Å². The van der Waals surface area contributed by atoms with Gasteiger partial charge in [-0.3, -0.25) is 10.1 Å². The molecule has 1 aromatic carbocycles. The van der Waals surface area contributed by atoms with E-state index in [9.17, 15) is 9.59 Å². The molecule has 2 aliphatic heterocycles. The van der Waals surface area contributed by atoms with Gasteiger partial charge in [0.05, 0.1) is 0 Å². The second kappa shape index (κ2) is 3.25. The van der Waals surface area contributed by atoms with Crippen LogP contribution in [0.2, 0.25) is 0 Å². The number of imide groups is 1. The minimum Gasteiger partial charge on any atom is -0.487 e. The standard InChI is InChI=1S/C13H14N2O3/c1-12(2)7-13(10(16)14-11(17)15-13)8-5-3-4-6-9(8)18-12/h3-6H,7H2,1-2H3,(H2,14,15,16,17). The van der Waals surface area contributed by atoms with Gasteiger partial charge in [-0.1, -0.05) is 18.2 Å². The van der Waals surface area contributed by atoms with Gasteiger partial charge < -0.3 is 10.1 Å². The summed E-state index contributed by atoms with van der Waals surface area (Å²) in [6.45, 7) is 3.81. The van der Waals surface area contributed by atoms with E-state index >= 15 is 0 Å². The summed E-state index contributed by atoms with van der Waals surface area (Å²) in [6.07, 6.45) is 0.411. The summed E-state index contributed by atoms with van der Waals surface area (Å²) in [7, 11) is 0. The second-order valence-electron chi connectivity index (χ2n) is 5.35. The predicted molar refractivity (Wildman–Crippen MR) is 64.1 cm³/mol. The van der Waals surface area contributed by atoms with Gasteiger partial charge in [0.15, 0.2) is 5.54 Å². The van der Waals surface area contributed by atoms with Gasteiger partial charge in [-0.2, -0.15) is 0 Å². The van der Waals surface area contributed by atoms with E-state index in [-0.39, 0.29) is 5.91 Å². The molecular weight excluding hydrogens is 232 g/mol. The second-order valence-corrected chi connectivity index (χ2v) is 5.35. The Balaban J connectivity index is 2.21. The Morgan fingerprint density at radius 1 is 1.22 bits per heavy atom. The van der Waals surface area contributed by atoms with Crippen LogP contribution in [0.25, 0.3) is 0 Å². The number of hydrogen-bond acceptors (Lipinski definition) is 3. The highest BCUT2D eigenvalue weighted by molar-refractivity contribution is 6.08. The first-order valence-electron chi connectivity index (χ1n) is 5.85. The van der Waals surface area contributed by atoms with Gasteiger partial charge >= 0.3 is 6.03 Å². The highest BCUT2D eigenvalue weighted by Crippen LogP contribution is 2.44. The number of nitrogens with one attached hydrogen (secondary N) is 2. The molecule has 0 aliphatic carbocycles. The van der Waals surface area contributed by atoms with E-state index in [1.165, 1.54) is 0 Å². The lowest BCUT2D eigenvalue weighted by Crippen LogP contribution is -2.53. The molecule has 1 atom stereocenters. The molecule has 3 amide bonds. The van der Waals surface area contributed by atoms with Crippen LogP contribution in [-0.4, -0.2) is 17.5 Å². The van der Waals surface area contributed by atoms with Crippen LogP contribution in [0.1, 0.15) is 25.8 Å². The van der Waals surface area contributed by atoms with Gasteiger partial charge in [0.1, 0.15) is 11.4 Å². The van der Waals surface area contributed by atoms with Gasteiger partial charge in [0.25, 0.3) is 5.91 Å². The van der Waals surface area contributed by atoms with E-state index in [0.29, 0.717) is 17.7 Å². The molecule has 0 bridgehead atoms. The molecule has 1 unspecified atom stereocenters. The van der Waals surface area contributed by atoms with Crippen LogP contribution >= 0.6 is 0 Å². The van der Waals surface area contributed by atoms with Crippen molar-refractivity contribution in [3.8, 4) is 5.75 Å². The van der Waals surface area contributed by atoms with Crippen LogP contribution in [-0.2, 0) is 10.3 Å². The van der Waals surface area contributed by atoms with Crippen LogP contribution < -0.4 is 15.4 Å². The Kier molecular flexibility index (Phi) is 2.00. The third-order valence-corrected chi connectivity index (χ3v) is 3.37. The number of ether oxygens (including phenoxy) is 1. The van der Waals surface area contributed by atoms with Crippen LogP contribution in [0, 0.1) is 0 Å². The van der Waals surface area contributed by atoms with Gasteiger partial charge in [0.2, 0.25) is 0 Å². The molecule has 18 heavy (non-hydrogen) atoms. The molecule has 2 heterocycles. The van der Waals surface area contributed by atoms with E-state index in [1.807, 2.05) is 38.1 Å². The molecule has 5 heteroatoms. The smallest absolute Gasteiger partial charge is 0.322 e. The number of rotatable bonds is 0. The number of carbonyl (C=O) groups excluding carboxylic acids is 2. The minimum atomic E-state index is -1.00. The van der Waals surface area contributed by atoms with Crippen molar-refractivity contribution in [1.29, 1.82) is 0 Å². The van der Waals surface area contributed by atoms with Crippen molar-refractivity contribution in [1.82, 2.24) is 10.6 Å². The zero-order valence-corrected chi connectivity index (χ0v) is 10.2. The average Bonchev–Trinajstić information content (AvgIpc) is 2.52. The Labute approximate surface area is 105 Å². The molecular formula is C13H14N2O3. The third-order valence-electron chi connectivity index (χ3n) is 3.37. The molecule has 1 saturated heterocycles. The zero-order valence-electron chi connectivity index (χ0n) is 10.2. The fraction of sp³-hybridized carbons (Fsp3) is 0.385. The number of fused-ring (bicyclic) bond motifs is 2. The Morgan fingerprint density at radius 2 is 1.94 bits per heavy atom. The zero-order chi connectivity index (χ0) is 13.0. The summed E-state index contributed by atoms with van der Waals surface area (Å²) in [4.78, 5) is 23.6. The largest absolute Gasteiger partial charge is 0.487 e. The van der Waals surface area contributed by atoms with E-state index < -0.39 is 17.2 Å². The fourth-order valence-corrected chi connectivity index (χ4v) is 2.78. The maximum Gasteiger partial charge on any atom is 0.322 e. The average molecular weight is 246 g/mol. The van der Waals surface area contributed by atoms with Crippen LogP contribution in [0.3, 0.4) is 0 Å². The lowest BCUT2D eigenvalue weighted by atomic mass is 9.77. The first kappa shape index (κ1) is 11.1. The van der Waals surface area contributed by atoms with Gasteiger partial charge in [-0.15, -0.1) is 0 Å². The molecule has 0 radical (unpaired) electrons. The summed E-state index contributed by atoms with van der Waals surface area (Å²) < 4.78 is 5.86. The predicted octanol–water partition coefficient (Wildman–Crippen LogP) is 1.28. The van der Waals surface area contributed by atoms with Gasteiger partial charge in [0, 0.05) is 12.0 Å². The van der Waals surface area contributed by atoms with E-state index in [1.54, 1.807) is 0 Å². The molecule has 2 N–H and O–H groups in total. The molecule has 94 valence electrons. The van der Waals surface area contributed by atoms with Crippen LogP contribution in [0.4, 0.5) is 4.79 Å². The molecule has 2 aliphatic rings. The van der Waals surface area contributed by atoms with E-state index in [4.69, 9.17) is 4.74 Å². The maximum atomic E-state index is 12.2. The van der Waals surface area contributed by atoms with E-state index in [2.05, 4.69) is 10.6 Å². The first-order valence-corrected chi connectivity index (χ1v) is 5.85. The summed E-state index contributed by atoms with van der Waals surface area (Å²) >= 11 is 0. The van der Waals surface area contributed by atoms with Gasteiger partial charge in [-0.25, -0.2) is 4.79 Å². The van der Waals surface area contributed by atoms with E-state index in [0.717, 1.165) is 0 Å². The molecule has 0 aromatic heterocycles. The lowest BCUT2D eigenvalue weighted by Gasteiger charge is -2.42. The third kappa shape index (κ3) is 1.40. The van der Waals surface area contributed by atoms with Crippen molar-refractivity contribution in [2.24, 2.45) is 0 Å². The first-order chi connectivity index (χ1) is 8.43. The SMILES string of the molecule is CC1(C)CC2(NC(=O)NC2=O)c2ccccc2O1. The highest BCUT2D eigenvalue weighted by Gasteiger charge is 2.55. The Hall–Kier alpha value is -2.04. The molecule has 1 spiro atoms. The maximum absolute atomic E-state index is 12.2. The quantitative estimate of drug-likeness (QED) is 0.678. The molecule has 1 aromatic rings. The molecule has 1 fully saturated rings. The number of benzene rings is 1. The molecule has 3 rings (SSSR count). The highest BCUT2D eigenvalue weighted by atomic mass is 16.5. The minimum absolute atomic E-state index is 0.309. The Bertz CT molecular complexity index is 553. The van der Waals surface area contributed by atoms with Crippen molar-refractivity contribution >= 4 is 11.9 Å². The Morgan fingerprint density at radius 3 is 2.61 bits per heavy atom. The fourth-order valence-electron chi connectivity index (χ4n) is 2.78. The van der Waals surface area contributed by atoms with Crippen molar-refractivity contribution in [2.45, 2.75) is 31.4 Å². The number of para-hydroxylation sites is 1. The van der Waals surface area contributed by atoms with Crippen molar-refractivity contribution in [2.75, 3.05) is 0 Å².